The first-order valence-corrected chi connectivity index (χ1v) is 13.8. The molecular formula is C30H40N2O6. The molecule has 1 aliphatic carbocycles. The Morgan fingerprint density at radius 2 is 1.89 bits per heavy atom. The van der Waals surface area contributed by atoms with Crippen molar-refractivity contribution in [3.05, 3.63) is 64.7 Å². The minimum absolute atomic E-state index is 0.0789. The number of nitrogens with one attached hydrogen (secondary N) is 1. The molecule has 8 nitrogen and oxygen atoms in total. The number of nitrogens with zero attached hydrogens (tertiary/aromatic N) is 1. The monoisotopic (exact) mass is 524 g/mol. The van der Waals surface area contributed by atoms with Gasteiger partial charge in [-0.15, -0.1) is 0 Å². The van der Waals surface area contributed by atoms with Gasteiger partial charge in [0.1, 0.15) is 18.0 Å². The van der Waals surface area contributed by atoms with E-state index in [0.717, 1.165) is 54.7 Å². The van der Waals surface area contributed by atoms with Gasteiger partial charge in [-0.3, -0.25) is 4.79 Å². The molecule has 2 aromatic rings. The lowest BCUT2D eigenvalue weighted by molar-refractivity contribution is -0.206. The highest BCUT2D eigenvalue weighted by Crippen LogP contribution is 2.51. The quantitative estimate of drug-likeness (QED) is 0.412. The van der Waals surface area contributed by atoms with Gasteiger partial charge in [-0.2, -0.15) is 0 Å². The van der Waals surface area contributed by atoms with E-state index in [1.807, 2.05) is 35.2 Å². The highest BCUT2D eigenvalue weighted by molar-refractivity contribution is 5.82. The zero-order chi connectivity index (χ0) is 26.5. The highest BCUT2D eigenvalue weighted by atomic mass is 16.6. The molecule has 3 atom stereocenters. The topological polar surface area (TPSA) is 89.5 Å². The fourth-order valence-electron chi connectivity index (χ4n) is 5.91. The Balaban J connectivity index is 1.41. The van der Waals surface area contributed by atoms with Crippen molar-refractivity contribution in [3.8, 4) is 5.75 Å². The predicted octanol–water partition coefficient (Wildman–Crippen LogP) is 3.31. The average Bonchev–Trinajstić information content (AvgIpc) is 3.73. The lowest BCUT2D eigenvalue weighted by atomic mass is 9.75. The van der Waals surface area contributed by atoms with Crippen LogP contribution in [0.4, 0.5) is 0 Å². The molecule has 0 aromatic heterocycles. The van der Waals surface area contributed by atoms with Gasteiger partial charge in [-0.05, 0) is 67.5 Å². The number of benzene rings is 2. The van der Waals surface area contributed by atoms with Gasteiger partial charge in [-0.25, -0.2) is 0 Å². The van der Waals surface area contributed by atoms with Gasteiger partial charge in [0.25, 0.3) is 0 Å². The second kappa shape index (κ2) is 12.1. The highest BCUT2D eigenvalue weighted by Gasteiger charge is 2.55. The van der Waals surface area contributed by atoms with E-state index >= 15 is 0 Å². The molecule has 3 unspecified atom stereocenters. The SMILES string of the molecule is COCCCc1cc(CN(C(=O)C2CNCCC23OC(O)c2ccccc23)C2CC2)cc(OCCOC)c1. The minimum atomic E-state index is -1.01. The van der Waals surface area contributed by atoms with Crippen molar-refractivity contribution >= 4 is 5.91 Å². The molecule has 1 spiro atoms. The van der Waals surface area contributed by atoms with Crippen molar-refractivity contribution in [1.29, 1.82) is 0 Å². The van der Waals surface area contributed by atoms with E-state index in [-0.39, 0.29) is 11.9 Å². The third kappa shape index (κ3) is 5.75. The summed E-state index contributed by atoms with van der Waals surface area (Å²) < 4.78 is 22.6. The van der Waals surface area contributed by atoms with E-state index in [4.69, 9.17) is 18.9 Å². The van der Waals surface area contributed by atoms with Crippen LogP contribution in [0.5, 0.6) is 5.75 Å². The summed E-state index contributed by atoms with van der Waals surface area (Å²) in [5.41, 5.74) is 3.12. The molecule has 2 N–H and O–H groups in total. The molecule has 2 aromatic carbocycles. The summed E-state index contributed by atoms with van der Waals surface area (Å²) in [5, 5.41) is 14.1. The summed E-state index contributed by atoms with van der Waals surface area (Å²) in [5.74, 6) is 0.454. The van der Waals surface area contributed by atoms with Crippen LogP contribution in [0, 0.1) is 5.92 Å². The number of amides is 1. The molecule has 0 bridgehead atoms. The number of hydrogen-bond acceptors (Lipinski definition) is 7. The van der Waals surface area contributed by atoms with Crippen LogP contribution in [-0.2, 0) is 37.6 Å². The van der Waals surface area contributed by atoms with E-state index in [9.17, 15) is 9.90 Å². The summed E-state index contributed by atoms with van der Waals surface area (Å²) >= 11 is 0. The number of rotatable bonds is 12. The molecule has 5 rings (SSSR count). The van der Waals surface area contributed by atoms with Crippen LogP contribution in [-0.4, -0.2) is 69.1 Å². The van der Waals surface area contributed by atoms with Crippen LogP contribution in [0.3, 0.4) is 0 Å². The van der Waals surface area contributed by atoms with Gasteiger partial charge < -0.3 is 34.3 Å². The van der Waals surface area contributed by atoms with E-state index in [2.05, 4.69) is 17.4 Å². The number of carbonyl (C=O) groups is 1. The van der Waals surface area contributed by atoms with Crippen molar-refractivity contribution in [2.45, 2.75) is 56.6 Å². The third-order valence-corrected chi connectivity index (χ3v) is 7.91. The van der Waals surface area contributed by atoms with E-state index in [0.29, 0.717) is 39.3 Å². The Bertz CT molecular complexity index is 1080. The van der Waals surface area contributed by atoms with Crippen LogP contribution in [0.2, 0.25) is 0 Å². The number of aliphatic hydroxyl groups is 1. The van der Waals surface area contributed by atoms with Gasteiger partial charge in [0.2, 0.25) is 5.91 Å². The van der Waals surface area contributed by atoms with Crippen molar-refractivity contribution in [2.24, 2.45) is 5.92 Å². The van der Waals surface area contributed by atoms with Crippen molar-refractivity contribution in [3.63, 3.8) is 0 Å². The average molecular weight is 525 g/mol. The van der Waals surface area contributed by atoms with Crippen LogP contribution in [0.1, 0.15) is 54.2 Å². The normalized spacial score (nSPS) is 24.4. The number of methoxy groups -OCH3 is 2. The first kappa shape index (κ1) is 27.1. The molecule has 8 heteroatoms. The lowest BCUT2D eigenvalue weighted by Gasteiger charge is -2.43. The van der Waals surface area contributed by atoms with E-state index in [1.165, 1.54) is 5.56 Å². The molecule has 38 heavy (non-hydrogen) atoms. The number of piperidine rings is 1. The number of hydrogen-bond donors (Lipinski definition) is 2. The fourth-order valence-corrected chi connectivity index (χ4v) is 5.91. The minimum Gasteiger partial charge on any atom is -0.491 e. The first-order chi connectivity index (χ1) is 18.6. The predicted molar refractivity (Wildman–Crippen MR) is 143 cm³/mol. The van der Waals surface area contributed by atoms with Crippen LogP contribution < -0.4 is 10.1 Å². The van der Waals surface area contributed by atoms with Crippen LogP contribution in [0.15, 0.2) is 42.5 Å². The van der Waals surface area contributed by atoms with Crippen LogP contribution in [0.25, 0.3) is 0 Å². The van der Waals surface area contributed by atoms with Gasteiger partial charge in [0.15, 0.2) is 6.29 Å². The lowest BCUT2D eigenvalue weighted by Crippen LogP contribution is -2.55. The van der Waals surface area contributed by atoms with Gasteiger partial charge >= 0.3 is 0 Å². The molecule has 1 saturated carbocycles. The molecule has 206 valence electrons. The standard InChI is InChI=1S/C30H40N2O6/c1-35-13-5-6-21-16-22(18-24(17-21)37-15-14-36-2)20-32(23-9-10-23)28(33)27-19-31-12-11-30(27)26-8-4-3-7-25(26)29(34)38-30/h3-4,7-8,16-18,23,27,29,31,34H,5-6,9-15,19-20H2,1-2H3. The zero-order valence-corrected chi connectivity index (χ0v) is 22.5. The maximum absolute atomic E-state index is 14.3. The van der Waals surface area contributed by atoms with Gasteiger partial charge in [-0.1, -0.05) is 30.3 Å². The number of aryl methyl sites for hydroxylation is 1. The van der Waals surface area contributed by atoms with Gasteiger partial charge in [0, 0.05) is 45.5 Å². The zero-order valence-electron chi connectivity index (χ0n) is 22.5. The molecule has 1 saturated heterocycles. The number of fused-ring (bicyclic) bond motifs is 2. The number of aliphatic hydroxyl groups excluding tert-OH is 1. The summed E-state index contributed by atoms with van der Waals surface area (Å²) in [6, 6.07) is 14.3. The second-order valence-electron chi connectivity index (χ2n) is 10.6. The molecule has 3 aliphatic rings. The number of ether oxygens (including phenoxy) is 4. The first-order valence-electron chi connectivity index (χ1n) is 13.8. The summed E-state index contributed by atoms with van der Waals surface area (Å²) in [6.45, 7) is 3.45. The van der Waals surface area contributed by atoms with E-state index in [1.54, 1.807) is 14.2 Å². The summed E-state index contributed by atoms with van der Waals surface area (Å²) in [4.78, 5) is 16.3. The second-order valence-corrected chi connectivity index (χ2v) is 10.6. The van der Waals surface area contributed by atoms with Gasteiger partial charge in [0.05, 0.1) is 12.5 Å². The van der Waals surface area contributed by atoms with Crippen molar-refractivity contribution < 1.29 is 28.8 Å². The Morgan fingerprint density at radius 1 is 1.11 bits per heavy atom. The fraction of sp³-hybridized carbons (Fsp3) is 0.567. The van der Waals surface area contributed by atoms with E-state index < -0.39 is 17.8 Å². The maximum Gasteiger partial charge on any atom is 0.230 e. The Labute approximate surface area is 225 Å². The number of carbonyl (C=O) groups excluding carboxylic acids is 1. The molecule has 2 aliphatic heterocycles. The Morgan fingerprint density at radius 3 is 2.68 bits per heavy atom. The van der Waals surface area contributed by atoms with Crippen LogP contribution >= 0.6 is 0 Å². The molecule has 2 heterocycles. The molecule has 2 fully saturated rings. The molecular weight excluding hydrogens is 484 g/mol. The van der Waals surface area contributed by atoms with Crippen molar-refractivity contribution in [1.82, 2.24) is 10.2 Å². The van der Waals surface area contributed by atoms with Crippen molar-refractivity contribution in [2.75, 3.05) is 47.1 Å². The summed E-state index contributed by atoms with van der Waals surface area (Å²) in [7, 11) is 3.38. The molecule has 1 amide bonds. The smallest absolute Gasteiger partial charge is 0.230 e. The third-order valence-electron chi connectivity index (χ3n) is 7.91. The Hall–Kier alpha value is -2.49. The molecule has 0 radical (unpaired) electrons. The Kier molecular flexibility index (Phi) is 8.65. The summed E-state index contributed by atoms with van der Waals surface area (Å²) in [6.07, 6.45) is 3.43. The maximum atomic E-state index is 14.3. The largest absolute Gasteiger partial charge is 0.491 e.